The van der Waals surface area contributed by atoms with Crippen LogP contribution in [0.25, 0.3) is 0 Å². The Balaban J connectivity index is 2.33. The number of anilines is 2. The summed E-state index contributed by atoms with van der Waals surface area (Å²) < 4.78 is 15.5. The molecule has 7 heteroatoms. The van der Waals surface area contributed by atoms with Crippen LogP contribution < -0.4 is 25.3 Å². The number of hydrogen-bond donors (Lipinski definition) is 2. The second-order valence-electron chi connectivity index (χ2n) is 4.60. The van der Waals surface area contributed by atoms with Crippen LogP contribution in [0.5, 0.6) is 17.2 Å². The Morgan fingerprint density at radius 2 is 1.65 bits per heavy atom. The molecule has 2 aromatic carbocycles. The molecule has 1 amide bonds. The topological polar surface area (TPSA) is 82.8 Å². The highest BCUT2D eigenvalue weighted by molar-refractivity contribution is 6.34. The van der Waals surface area contributed by atoms with Crippen LogP contribution in [0.1, 0.15) is 10.4 Å². The van der Waals surface area contributed by atoms with E-state index in [0.717, 1.165) is 0 Å². The van der Waals surface area contributed by atoms with Crippen LogP contribution in [0.4, 0.5) is 11.4 Å². The van der Waals surface area contributed by atoms with Crippen molar-refractivity contribution in [2.24, 2.45) is 0 Å². The Hall–Kier alpha value is -2.60. The van der Waals surface area contributed by atoms with Crippen LogP contribution >= 0.6 is 11.6 Å². The summed E-state index contributed by atoms with van der Waals surface area (Å²) >= 11 is 6.13. The number of rotatable bonds is 5. The van der Waals surface area contributed by atoms with Crippen molar-refractivity contribution in [1.29, 1.82) is 0 Å². The fourth-order valence-electron chi connectivity index (χ4n) is 2.05. The minimum absolute atomic E-state index is 0.288. The van der Waals surface area contributed by atoms with Crippen molar-refractivity contribution >= 4 is 28.9 Å². The number of nitrogen functional groups attached to an aromatic ring is 1. The molecule has 0 fully saturated rings. The van der Waals surface area contributed by atoms with Gasteiger partial charge in [0.1, 0.15) is 11.4 Å². The molecule has 6 nitrogen and oxygen atoms in total. The number of amides is 1. The van der Waals surface area contributed by atoms with Crippen LogP contribution in [-0.4, -0.2) is 27.2 Å². The summed E-state index contributed by atoms with van der Waals surface area (Å²) in [5.41, 5.74) is 6.89. The van der Waals surface area contributed by atoms with Gasteiger partial charge in [-0.1, -0.05) is 11.6 Å². The van der Waals surface area contributed by atoms with Gasteiger partial charge in [-0.05, 0) is 24.3 Å². The quantitative estimate of drug-likeness (QED) is 0.819. The number of halogens is 1. The predicted molar refractivity (Wildman–Crippen MR) is 89.9 cm³/mol. The lowest BCUT2D eigenvalue weighted by atomic mass is 10.1. The molecule has 0 aliphatic heterocycles. The van der Waals surface area contributed by atoms with Crippen LogP contribution in [0.15, 0.2) is 30.3 Å². The number of ether oxygens (including phenoxy) is 3. The molecule has 0 heterocycles. The second kappa shape index (κ2) is 7.11. The first-order chi connectivity index (χ1) is 11.0. The SMILES string of the molecule is COc1ccc(C(=O)Nc2c(Cl)cc(N)cc2OC)cc1OC. The molecule has 3 N–H and O–H groups in total. The van der Waals surface area contributed by atoms with Crippen molar-refractivity contribution in [2.75, 3.05) is 32.4 Å². The summed E-state index contributed by atoms with van der Waals surface area (Å²) in [5.74, 6) is 1.00. The molecule has 0 spiro atoms. The van der Waals surface area contributed by atoms with Crippen LogP contribution in [0, 0.1) is 0 Å². The van der Waals surface area contributed by atoms with Gasteiger partial charge in [0.2, 0.25) is 0 Å². The number of carbonyl (C=O) groups excluding carboxylic acids is 1. The normalized spacial score (nSPS) is 10.1. The molecule has 0 aromatic heterocycles. The van der Waals surface area contributed by atoms with Crippen molar-refractivity contribution in [2.45, 2.75) is 0 Å². The Labute approximate surface area is 139 Å². The lowest BCUT2D eigenvalue weighted by Crippen LogP contribution is -2.13. The highest BCUT2D eigenvalue weighted by atomic mass is 35.5. The minimum Gasteiger partial charge on any atom is -0.494 e. The van der Waals surface area contributed by atoms with Gasteiger partial charge in [0.25, 0.3) is 5.91 Å². The summed E-state index contributed by atoms with van der Waals surface area (Å²) in [6.07, 6.45) is 0. The summed E-state index contributed by atoms with van der Waals surface area (Å²) in [4.78, 5) is 12.4. The molecular weight excluding hydrogens is 320 g/mol. The van der Waals surface area contributed by atoms with Gasteiger partial charge in [0.05, 0.1) is 26.4 Å². The molecule has 0 unspecified atom stereocenters. The lowest BCUT2D eigenvalue weighted by Gasteiger charge is -2.14. The van der Waals surface area contributed by atoms with Crippen LogP contribution in [0.2, 0.25) is 5.02 Å². The van der Waals surface area contributed by atoms with Crippen molar-refractivity contribution in [3.8, 4) is 17.2 Å². The first kappa shape index (κ1) is 16.8. The van der Waals surface area contributed by atoms with E-state index in [1.54, 1.807) is 24.3 Å². The van der Waals surface area contributed by atoms with Crippen LogP contribution in [-0.2, 0) is 0 Å². The lowest BCUT2D eigenvalue weighted by molar-refractivity contribution is 0.102. The Kier molecular flexibility index (Phi) is 5.18. The maximum Gasteiger partial charge on any atom is 0.255 e. The van der Waals surface area contributed by atoms with Gasteiger partial charge in [-0.25, -0.2) is 0 Å². The molecule has 0 atom stereocenters. The first-order valence-corrected chi connectivity index (χ1v) is 7.04. The van der Waals surface area contributed by atoms with Gasteiger partial charge in [-0.2, -0.15) is 0 Å². The molecule has 23 heavy (non-hydrogen) atoms. The summed E-state index contributed by atoms with van der Waals surface area (Å²) in [7, 11) is 4.49. The first-order valence-electron chi connectivity index (χ1n) is 6.66. The summed E-state index contributed by atoms with van der Waals surface area (Å²) in [5, 5.41) is 3.00. The van der Waals surface area contributed by atoms with E-state index in [4.69, 9.17) is 31.5 Å². The maximum absolute atomic E-state index is 12.4. The third-order valence-electron chi connectivity index (χ3n) is 3.18. The number of benzene rings is 2. The van der Waals surface area contributed by atoms with Crippen LogP contribution in [0.3, 0.4) is 0 Å². The smallest absolute Gasteiger partial charge is 0.255 e. The van der Waals surface area contributed by atoms with E-state index in [9.17, 15) is 4.79 Å². The van der Waals surface area contributed by atoms with E-state index in [2.05, 4.69) is 5.32 Å². The zero-order valence-corrected chi connectivity index (χ0v) is 13.7. The van der Waals surface area contributed by atoms with Gasteiger partial charge < -0.3 is 25.3 Å². The zero-order chi connectivity index (χ0) is 17.0. The molecule has 122 valence electrons. The van der Waals surface area contributed by atoms with E-state index in [1.807, 2.05) is 0 Å². The fourth-order valence-corrected chi connectivity index (χ4v) is 2.31. The molecule has 0 radical (unpaired) electrons. The number of carbonyl (C=O) groups is 1. The van der Waals surface area contributed by atoms with E-state index in [-0.39, 0.29) is 10.9 Å². The maximum atomic E-state index is 12.4. The molecule has 0 saturated carbocycles. The second-order valence-corrected chi connectivity index (χ2v) is 5.01. The monoisotopic (exact) mass is 336 g/mol. The van der Waals surface area contributed by atoms with E-state index >= 15 is 0 Å². The highest BCUT2D eigenvalue weighted by Gasteiger charge is 2.16. The average molecular weight is 337 g/mol. The van der Waals surface area contributed by atoms with Gasteiger partial charge >= 0.3 is 0 Å². The largest absolute Gasteiger partial charge is 0.494 e. The molecular formula is C16H17ClN2O4. The van der Waals surface area contributed by atoms with Crippen molar-refractivity contribution in [3.05, 3.63) is 40.9 Å². The van der Waals surface area contributed by atoms with Gasteiger partial charge in [0, 0.05) is 17.3 Å². The summed E-state index contributed by atoms with van der Waals surface area (Å²) in [6.45, 7) is 0. The molecule has 2 rings (SSSR count). The Morgan fingerprint density at radius 3 is 2.26 bits per heavy atom. The van der Waals surface area contributed by atoms with E-state index in [0.29, 0.717) is 34.2 Å². The van der Waals surface area contributed by atoms with E-state index in [1.165, 1.54) is 27.4 Å². The highest BCUT2D eigenvalue weighted by Crippen LogP contribution is 2.35. The van der Waals surface area contributed by atoms with Gasteiger partial charge in [-0.15, -0.1) is 0 Å². The van der Waals surface area contributed by atoms with Gasteiger partial charge in [-0.3, -0.25) is 4.79 Å². The minimum atomic E-state index is -0.365. The third-order valence-corrected chi connectivity index (χ3v) is 3.48. The summed E-state index contributed by atoms with van der Waals surface area (Å²) in [6, 6.07) is 7.96. The standard InChI is InChI=1S/C16H17ClN2O4/c1-21-12-5-4-9(6-13(12)22-2)16(20)19-15-11(17)7-10(18)8-14(15)23-3/h4-8H,18H2,1-3H3,(H,19,20). The number of nitrogens with one attached hydrogen (secondary N) is 1. The molecule has 0 aliphatic carbocycles. The number of hydrogen-bond acceptors (Lipinski definition) is 5. The van der Waals surface area contributed by atoms with E-state index < -0.39 is 0 Å². The predicted octanol–water partition coefficient (Wildman–Crippen LogP) is 3.20. The van der Waals surface area contributed by atoms with Crippen molar-refractivity contribution < 1.29 is 19.0 Å². The van der Waals surface area contributed by atoms with Crippen molar-refractivity contribution in [3.63, 3.8) is 0 Å². The third kappa shape index (κ3) is 3.60. The van der Waals surface area contributed by atoms with Gasteiger partial charge in [0.15, 0.2) is 11.5 Å². The molecule has 2 aromatic rings. The average Bonchev–Trinajstić information content (AvgIpc) is 2.56. The Morgan fingerprint density at radius 1 is 1.00 bits per heavy atom. The fraction of sp³-hybridized carbons (Fsp3) is 0.188. The number of methoxy groups -OCH3 is 3. The van der Waals surface area contributed by atoms with Crippen molar-refractivity contribution in [1.82, 2.24) is 0 Å². The molecule has 0 aliphatic rings. The zero-order valence-electron chi connectivity index (χ0n) is 13.0. The number of nitrogens with two attached hydrogens (primary N) is 1. The molecule has 0 saturated heterocycles. The molecule has 0 bridgehead atoms. The Bertz CT molecular complexity index is 734.